The van der Waals surface area contributed by atoms with E-state index in [4.69, 9.17) is 14.5 Å². The molecule has 1 saturated heterocycles. The normalized spacial score (nSPS) is 47.0. The summed E-state index contributed by atoms with van der Waals surface area (Å²) >= 11 is 0. The molecule has 0 amide bonds. The van der Waals surface area contributed by atoms with Gasteiger partial charge in [0.15, 0.2) is 17.8 Å². The molecule has 0 N–H and O–H groups in total. The molecule has 0 aromatic carbocycles. The molecule has 2 saturated carbocycles. The number of hydrogen-bond acceptors (Lipinski definition) is 4. The van der Waals surface area contributed by atoms with Crippen LogP contribution in [-0.2, 0) is 19.3 Å². The molecule has 2 aliphatic carbocycles. The van der Waals surface area contributed by atoms with Crippen LogP contribution < -0.4 is 0 Å². The standard InChI is InChI=1S/C20H28O4/c1-12-11-15(21)22-16(12)17-20(24-23-17)13(2)7-8-14-18(3,4)9-6-10-19(14,20)5/h11,14,16-17H,2,6-10H2,1,3-5H3/t14-,16?,17-,19-,20+/m0/s1. The lowest BCUT2D eigenvalue weighted by Crippen LogP contribution is -2.74. The largest absolute Gasteiger partial charge is 0.452 e. The van der Waals surface area contributed by atoms with Crippen molar-refractivity contribution in [2.75, 3.05) is 0 Å². The summed E-state index contributed by atoms with van der Waals surface area (Å²) in [5, 5.41) is 0. The van der Waals surface area contributed by atoms with E-state index in [9.17, 15) is 4.79 Å². The Bertz CT molecular complexity index is 634. The molecular formula is C20H28O4. The number of esters is 1. The molecule has 4 nitrogen and oxygen atoms in total. The second-order valence-electron chi connectivity index (χ2n) is 9.04. The molecule has 2 aliphatic heterocycles. The highest BCUT2D eigenvalue weighted by molar-refractivity contribution is 5.85. The van der Waals surface area contributed by atoms with Crippen molar-refractivity contribution in [2.24, 2.45) is 16.7 Å². The van der Waals surface area contributed by atoms with Gasteiger partial charge in [-0.2, -0.15) is 0 Å². The lowest BCUT2D eigenvalue weighted by molar-refractivity contribution is -0.537. The predicted molar refractivity (Wildman–Crippen MR) is 89.9 cm³/mol. The van der Waals surface area contributed by atoms with Gasteiger partial charge in [-0.15, -0.1) is 0 Å². The van der Waals surface area contributed by atoms with Crippen molar-refractivity contribution in [3.63, 3.8) is 0 Å². The molecule has 4 heteroatoms. The van der Waals surface area contributed by atoms with Gasteiger partial charge in [0, 0.05) is 11.5 Å². The van der Waals surface area contributed by atoms with Gasteiger partial charge >= 0.3 is 5.97 Å². The van der Waals surface area contributed by atoms with Crippen LogP contribution in [0.25, 0.3) is 0 Å². The van der Waals surface area contributed by atoms with E-state index >= 15 is 0 Å². The van der Waals surface area contributed by atoms with Crippen LogP contribution in [-0.4, -0.2) is 23.8 Å². The number of carbonyl (C=O) groups excluding carboxylic acids is 1. The number of fused-ring (bicyclic) bond motifs is 2. The monoisotopic (exact) mass is 332 g/mol. The Labute approximate surface area is 144 Å². The molecule has 0 aromatic rings. The van der Waals surface area contributed by atoms with Crippen LogP contribution >= 0.6 is 0 Å². The van der Waals surface area contributed by atoms with E-state index < -0.39 is 5.60 Å². The summed E-state index contributed by atoms with van der Waals surface area (Å²) in [6.45, 7) is 13.4. The van der Waals surface area contributed by atoms with Crippen LogP contribution in [0.1, 0.15) is 59.8 Å². The van der Waals surface area contributed by atoms with E-state index in [1.165, 1.54) is 12.8 Å². The minimum atomic E-state index is -0.544. The summed E-state index contributed by atoms with van der Waals surface area (Å²) in [5.41, 5.74) is 1.72. The molecule has 2 heterocycles. The van der Waals surface area contributed by atoms with E-state index in [1.807, 2.05) is 6.92 Å². The fourth-order valence-corrected chi connectivity index (χ4v) is 6.15. The minimum absolute atomic E-state index is 0.0394. The average Bonchev–Trinajstić information content (AvgIpc) is 2.74. The molecule has 1 unspecified atom stereocenters. The first-order valence-corrected chi connectivity index (χ1v) is 9.14. The van der Waals surface area contributed by atoms with Crippen LogP contribution in [0.3, 0.4) is 0 Å². The molecule has 132 valence electrons. The van der Waals surface area contributed by atoms with Crippen LogP contribution in [0, 0.1) is 16.7 Å². The number of ether oxygens (including phenoxy) is 1. The zero-order chi connectivity index (χ0) is 17.3. The van der Waals surface area contributed by atoms with Crippen LogP contribution in [0.5, 0.6) is 0 Å². The highest BCUT2D eigenvalue weighted by Gasteiger charge is 2.72. The van der Waals surface area contributed by atoms with Gasteiger partial charge < -0.3 is 4.74 Å². The summed E-state index contributed by atoms with van der Waals surface area (Å²) in [7, 11) is 0. The van der Waals surface area contributed by atoms with E-state index in [-0.39, 0.29) is 29.0 Å². The van der Waals surface area contributed by atoms with Crippen LogP contribution in [0.2, 0.25) is 0 Å². The van der Waals surface area contributed by atoms with E-state index in [1.54, 1.807) is 6.08 Å². The summed E-state index contributed by atoms with van der Waals surface area (Å²) in [6.07, 6.45) is 6.56. The predicted octanol–water partition coefficient (Wildman–Crippen LogP) is 4.11. The van der Waals surface area contributed by atoms with Crippen molar-refractivity contribution < 1.29 is 19.3 Å². The second kappa shape index (κ2) is 4.95. The van der Waals surface area contributed by atoms with Crippen LogP contribution in [0.4, 0.5) is 0 Å². The lowest BCUT2D eigenvalue weighted by Gasteiger charge is -2.67. The number of rotatable bonds is 1. The van der Waals surface area contributed by atoms with E-state index in [2.05, 4.69) is 27.4 Å². The number of cyclic esters (lactones) is 1. The first-order chi connectivity index (χ1) is 11.2. The van der Waals surface area contributed by atoms with E-state index in [0.717, 1.165) is 30.4 Å². The summed E-state index contributed by atoms with van der Waals surface area (Å²) in [5.74, 6) is 0.271. The first-order valence-electron chi connectivity index (χ1n) is 9.14. The SMILES string of the molecule is C=C1CC[C@H]2C(C)(C)CCC[C@]2(C)[C@@]12OO[C@H]2C1OC(=O)C=C1C. The van der Waals surface area contributed by atoms with Gasteiger partial charge in [0.2, 0.25) is 0 Å². The lowest BCUT2D eigenvalue weighted by atomic mass is 9.44. The highest BCUT2D eigenvalue weighted by Crippen LogP contribution is 2.67. The summed E-state index contributed by atoms with van der Waals surface area (Å²) in [4.78, 5) is 23.2. The fourth-order valence-electron chi connectivity index (χ4n) is 6.15. The third-order valence-electron chi connectivity index (χ3n) is 7.33. The Morgan fingerprint density at radius 1 is 1.25 bits per heavy atom. The van der Waals surface area contributed by atoms with Gasteiger partial charge in [0.1, 0.15) is 0 Å². The van der Waals surface area contributed by atoms with Gasteiger partial charge in [-0.05, 0) is 55.1 Å². The maximum atomic E-state index is 11.7. The molecule has 0 radical (unpaired) electrons. The molecule has 0 bridgehead atoms. The third kappa shape index (κ3) is 1.84. The quantitative estimate of drug-likeness (QED) is 0.412. The smallest absolute Gasteiger partial charge is 0.331 e. The molecular weight excluding hydrogens is 304 g/mol. The van der Waals surface area contributed by atoms with Crippen LogP contribution in [0.15, 0.2) is 23.8 Å². The Morgan fingerprint density at radius 2 is 2.00 bits per heavy atom. The fraction of sp³-hybridized carbons (Fsp3) is 0.750. The van der Waals surface area contributed by atoms with Gasteiger partial charge in [0.25, 0.3) is 0 Å². The molecule has 4 rings (SSSR count). The zero-order valence-electron chi connectivity index (χ0n) is 15.2. The summed E-state index contributed by atoms with van der Waals surface area (Å²) < 4.78 is 5.55. The van der Waals surface area contributed by atoms with E-state index in [0.29, 0.717) is 5.92 Å². The molecule has 5 atom stereocenters. The van der Waals surface area contributed by atoms with Crippen molar-refractivity contribution in [3.8, 4) is 0 Å². The van der Waals surface area contributed by atoms with Crippen molar-refractivity contribution in [1.29, 1.82) is 0 Å². The summed E-state index contributed by atoms with van der Waals surface area (Å²) in [6, 6.07) is 0. The Hall–Kier alpha value is -1.13. The van der Waals surface area contributed by atoms with Crippen molar-refractivity contribution in [1.82, 2.24) is 0 Å². The Balaban J connectivity index is 1.76. The number of carbonyl (C=O) groups is 1. The molecule has 4 aliphatic rings. The Kier molecular flexibility index (Phi) is 3.37. The van der Waals surface area contributed by atoms with Gasteiger partial charge in [0.05, 0.1) is 0 Å². The maximum absolute atomic E-state index is 11.7. The zero-order valence-corrected chi connectivity index (χ0v) is 15.2. The minimum Gasteiger partial charge on any atom is -0.452 e. The van der Waals surface area contributed by atoms with Crippen molar-refractivity contribution >= 4 is 5.97 Å². The van der Waals surface area contributed by atoms with Gasteiger partial charge in [-0.25, -0.2) is 14.6 Å². The highest BCUT2D eigenvalue weighted by atomic mass is 17.3. The average molecular weight is 332 g/mol. The first kappa shape index (κ1) is 16.3. The molecule has 0 aromatic heterocycles. The van der Waals surface area contributed by atoms with Crippen molar-refractivity contribution in [3.05, 3.63) is 23.8 Å². The van der Waals surface area contributed by atoms with Gasteiger partial charge in [-0.1, -0.05) is 33.8 Å². The van der Waals surface area contributed by atoms with Gasteiger partial charge in [-0.3, -0.25) is 0 Å². The third-order valence-corrected chi connectivity index (χ3v) is 7.33. The second-order valence-corrected chi connectivity index (χ2v) is 9.04. The van der Waals surface area contributed by atoms with Crippen molar-refractivity contribution in [2.45, 2.75) is 77.6 Å². The molecule has 3 fully saturated rings. The molecule has 24 heavy (non-hydrogen) atoms. The Morgan fingerprint density at radius 3 is 2.58 bits per heavy atom. The number of hydrogen-bond donors (Lipinski definition) is 0. The maximum Gasteiger partial charge on any atom is 0.331 e. The molecule has 1 spiro atoms. The topological polar surface area (TPSA) is 44.8 Å².